The van der Waals surface area contributed by atoms with Crippen molar-refractivity contribution in [2.45, 2.75) is 18.6 Å². The Morgan fingerprint density at radius 2 is 1.92 bits per heavy atom. The fourth-order valence-corrected chi connectivity index (χ4v) is 3.51. The monoisotopic (exact) mass is 365 g/mol. The van der Waals surface area contributed by atoms with Gasteiger partial charge in [0.05, 0.1) is 22.5 Å². The predicted octanol–water partition coefficient (Wildman–Crippen LogP) is 4.16. The van der Waals surface area contributed by atoms with Gasteiger partial charge in [0.2, 0.25) is 5.91 Å². The van der Waals surface area contributed by atoms with Crippen LogP contribution < -0.4 is 5.32 Å². The standard InChI is InChI=1S/C20H19N3O2S/c1-3-12-23-18-11-7-6-10-17(18)22-20(23)26-13-19(25)21-16-9-5-4-8-15(16)14(2)24/h3-11H,1,12-13H2,2H3,(H,21,25). The van der Waals surface area contributed by atoms with Crippen molar-refractivity contribution in [1.29, 1.82) is 0 Å². The molecule has 1 amide bonds. The number of carbonyl (C=O) groups is 2. The number of aromatic nitrogens is 2. The largest absolute Gasteiger partial charge is 0.325 e. The molecule has 132 valence electrons. The van der Waals surface area contributed by atoms with Crippen LogP contribution in [0.3, 0.4) is 0 Å². The average Bonchev–Trinajstić information content (AvgIpc) is 2.98. The number of anilines is 1. The normalized spacial score (nSPS) is 10.7. The molecule has 5 nitrogen and oxygen atoms in total. The Kier molecular flexibility index (Phi) is 5.53. The van der Waals surface area contributed by atoms with Crippen LogP contribution in [0, 0.1) is 0 Å². The summed E-state index contributed by atoms with van der Waals surface area (Å²) in [5, 5.41) is 3.57. The van der Waals surface area contributed by atoms with Crippen LogP contribution in [-0.4, -0.2) is 27.0 Å². The van der Waals surface area contributed by atoms with Gasteiger partial charge in [0, 0.05) is 12.1 Å². The molecule has 0 unspecified atom stereocenters. The number of carbonyl (C=O) groups excluding carboxylic acids is 2. The minimum atomic E-state index is -0.180. The van der Waals surface area contributed by atoms with Crippen LogP contribution in [-0.2, 0) is 11.3 Å². The number of thioether (sulfide) groups is 1. The fourth-order valence-electron chi connectivity index (χ4n) is 2.68. The number of para-hydroxylation sites is 3. The summed E-state index contributed by atoms with van der Waals surface area (Å²) < 4.78 is 2.03. The molecule has 0 saturated heterocycles. The minimum absolute atomic E-state index is 0.0821. The molecule has 6 heteroatoms. The van der Waals surface area contributed by atoms with Crippen molar-refractivity contribution >= 4 is 40.2 Å². The molecule has 0 atom stereocenters. The Morgan fingerprint density at radius 3 is 2.69 bits per heavy atom. The highest BCUT2D eigenvalue weighted by atomic mass is 32.2. The quantitative estimate of drug-likeness (QED) is 0.388. The summed E-state index contributed by atoms with van der Waals surface area (Å²) >= 11 is 1.36. The molecule has 3 aromatic rings. The molecule has 0 radical (unpaired) electrons. The van der Waals surface area contributed by atoms with Crippen molar-refractivity contribution in [2.24, 2.45) is 0 Å². The van der Waals surface area contributed by atoms with E-state index in [2.05, 4.69) is 16.9 Å². The number of allylic oxidation sites excluding steroid dienone is 1. The molecule has 0 aliphatic heterocycles. The van der Waals surface area contributed by atoms with Gasteiger partial charge in [-0.1, -0.05) is 42.1 Å². The van der Waals surface area contributed by atoms with Gasteiger partial charge < -0.3 is 9.88 Å². The number of hydrogen-bond donors (Lipinski definition) is 1. The molecule has 1 aromatic heterocycles. The molecule has 1 heterocycles. The Balaban J connectivity index is 1.74. The van der Waals surface area contributed by atoms with Gasteiger partial charge in [-0.25, -0.2) is 4.98 Å². The van der Waals surface area contributed by atoms with Gasteiger partial charge in [0.25, 0.3) is 0 Å². The summed E-state index contributed by atoms with van der Waals surface area (Å²) in [5.41, 5.74) is 2.94. The summed E-state index contributed by atoms with van der Waals surface area (Å²) in [5.74, 6) is -0.0607. The molecule has 26 heavy (non-hydrogen) atoms. The molecule has 0 bridgehead atoms. The number of Topliss-reactive ketones (excluding diaryl/α,β-unsaturated/α-hetero) is 1. The zero-order chi connectivity index (χ0) is 18.5. The van der Waals surface area contributed by atoms with Gasteiger partial charge >= 0.3 is 0 Å². The van der Waals surface area contributed by atoms with E-state index in [4.69, 9.17) is 0 Å². The third kappa shape index (κ3) is 3.86. The van der Waals surface area contributed by atoms with Crippen LogP contribution in [0.25, 0.3) is 11.0 Å². The molecule has 1 N–H and O–H groups in total. The highest BCUT2D eigenvalue weighted by Crippen LogP contribution is 2.24. The summed E-state index contributed by atoms with van der Waals surface area (Å²) in [4.78, 5) is 28.6. The first-order valence-corrected chi connectivity index (χ1v) is 9.17. The Morgan fingerprint density at radius 1 is 1.19 bits per heavy atom. The molecule has 0 spiro atoms. The van der Waals surface area contributed by atoms with Gasteiger partial charge in [-0.3, -0.25) is 9.59 Å². The zero-order valence-electron chi connectivity index (χ0n) is 14.4. The molecular formula is C20H19N3O2S. The number of hydrogen-bond acceptors (Lipinski definition) is 4. The smallest absolute Gasteiger partial charge is 0.234 e. The summed E-state index contributed by atoms with van der Waals surface area (Å²) in [6.07, 6.45) is 1.81. The van der Waals surface area contributed by atoms with Crippen molar-refractivity contribution in [1.82, 2.24) is 9.55 Å². The minimum Gasteiger partial charge on any atom is -0.325 e. The van der Waals surface area contributed by atoms with E-state index in [0.717, 1.165) is 16.2 Å². The van der Waals surface area contributed by atoms with Gasteiger partial charge in [0.15, 0.2) is 10.9 Å². The number of rotatable bonds is 7. The van der Waals surface area contributed by atoms with Crippen LogP contribution >= 0.6 is 11.8 Å². The number of nitrogens with zero attached hydrogens (tertiary/aromatic N) is 2. The van der Waals surface area contributed by atoms with E-state index in [1.165, 1.54) is 18.7 Å². The lowest BCUT2D eigenvalue weighted by atomic mass is 10.1. The summed E-state index contributed by atoms with van der Waals surface area (Å²) in [7, 11) is 0. The number of ketones is 1. The van der Waals surface area contributed by atoms with E-state index in [1.54, 1.807) is 30.3 Å². The van der Waals surface area contributed by atoms with Crippen LogP contribution in [0.4, 0.5) is 5.69 Å². The zero-order valence-corrected chi connectivity index (χ0v) is 15.3. The molecule has 0 aliphatic carbocycles. The third-order valence-corrected chi connectivity index (χ3v) is 4.82. The second-order valence-electron chi connectivity index (χ2n) is 5.72. The van der Waals surface area contributed by atoms with Crippen LogP contribution in [0.2, 0.25) is 0 Å². The van der Waals surface area contributed by atoms with Crippen molar-refractivity contribution < 1.29 is 9.59 Å². The molecule has 0 aliphatic rings. The van der Waals surface area contributed by atoms with Crippen LogP contribution in [0.5, 0.6) is 0 Å². The van der Waals surface area contributed by atoms with Crippen molar-refractivity contribution in [3.8, 4) is 0 Å². The second kappa shape index (κ2) is 8.01. The van der Waals surface area contributed by atoms with Crippen LogP contribution in [0.15, 0.2) is 66.3 Å². The number of amides is 1. The maximum atomic E-state index is 12.3. The third-order valence-electron chi connectivity index (χ3n) is 3.84. The average molecular weight is 365 g/mol. The van der Waals surface area contributed by atoms with E-state index in [9.17, 15) is 9.59 Å². The number of fused-ring (bicyclic) bond motifs is 1. The number of imidazole rings is 1. The molecular weight excluding hydrogens is 346 g/mol. The topological polar surface area (TPSA) is 64.0 Å². The van der Waals surface area contributed by atoms with Crippen molar-refractivity contribution in [2.75, 3.05) is 11.1 Å². The first-order chi connectivity index (χ1) is 12.6. The molecule has 2 aromatic carbocycles. The van der Waals surface area contributed by atoms with E-state index in [0.29, 0.717) is 17.8 Å². The van der Waals surface area contributed by atoms with Crippen molar-refractivity contribution in [3.63, 3.8) is 0 Å². The van der Waals surface area contributed by atoms with Gasteiger partial charge in [-0.05, 0) is 31.2 Å². The fraction of sp³-hybridized carbons (Fsp3) is 0.150. The lowest BCUT2D eigenvalue weighted by Crippen LogP contribution is -2.16. The summed E-state index contributed by atoms with van der Waals surface area (Å²) in [6.45, 7) is 5.90. The predicted molar refractivity (Wildman–Crippen MR) is 106 cm³/mol. The van der Waals surface area contributed by atoms with Gasteiger partial charge in [-0.15, -0.1) is 6.58 Å². The first-order valence-electron chi connectivity index (χ1n) is 8.19. The summed E-state index contributed by atoms with van der Waals surface area (Å²) in [6, 6.07) is 14.8. The molecule has 0 fully saturated rings. The van der Waals surface area contributed by atoms with Crippen molar-refractivity contribution in [3.05, 3.63) is 66.7 Å². The lowest BCUT2D eigenvalue weighted by molar-refractivity contribution is -0.113. The molecule has 0 saturated carbocycles. The Bertz CT molecular complexity index is 978. The lowest BCUT2D eigenvalue weighted by Gasteiger charge is -2.09. The number of benzene rings is 2. The van der Waals surface area contributed by atoms with E-state index in [-0.39, 0.29) is 17.4 Å². The highest BCUT2D eigenvalue weighted by Gasteiger charge is 2.14. The molecule has 3 rings (SSSR count). The first kappa shape index (κ1) is 17.9. The van der Waals surface area contributed by atoms with E-state index in [1.807, 2.05) is 28.8 Å². The Hall–Kier alpha value is -2.86. The highest BCUT2D eigenvalue weighted by molar-refractivity contribution is 7.99. The van der Waals surface area contributed by atoms with Gasteiger partial charge in [0.1, 0.15) is 0 Å². The Labute approximate surface area is 156 Å². The SMILES string of the molecule is C=CCn1c(SCC(=O)Nc2ccccc2C(C)=O)nc2ccccc21. The van der Waals surface area contributed by atoms with E-state index < -0.39 is 0 Å². The van der Waals surface area contributed by atoms with E-state index >= 15 is 0 Å². The maximum Gasteiger partial charge on any atom is 0.234 e. The number of nitrogens with one attached hydrogen (secondary N) is 1. The second-order valence-corrected chi connectivity index (χ2v) is 6.66. The van der Waals surface area contributed by atoms with Crippen LogP contribution in [0.1, 0.15) is 17.3 Å². The maximum absolute atomic E-state index is 12.3. The van der Waals surface area contributed by atoms with Gasteiger partial charge in [-0.2, -0.15) is 0 Å².